The molecule has 1 aromatic rings. The SMILES string of the molecule is O=S(=O)(NCCOCCBr)c1cccs1. The number of hydrogen-bond acceptors (Lipinski definition) is 4. The number of thiophene rings is 1. The fourth-order valence-corrected chi connectivity index (χ4v) is 3.17. The Morgan fingerprint density at radius 2 is 2.27 bits per heavy atom. The number of rotatable bonds is 7. The zero-order chi connectivity index (χ0) is 11.1. The van der Waals surface area contributed by atoms with Crippen LogP contribution in [0.5, 0.6) is 0 Å². The summed E-state index contributed by atoms with van der Waals surface area (Å²) in [5.74, 6) is 0. The van der Waals surface area contributed by atoms with Crippen LogP contribution in [0.15, 0.2) is 21.7 Å². The summed E-state index contributed by atoms with van der Waals surface area (Å²) in [6.07, 6.45) is 0. The summed E-state index contributed by atoms with van der Waals surface area (Å²) in [6, 6.07) is 3.28. The first kappa shape index (κ1) is 13.1. The summed E-state index contributed by atoms with van der Waals surface area (Å²) in [6.45, 7) is 1.27. The van der Waals surface area contributed by atoms with Gasteiger partial charge in [-0.25, -0.2) is 13.1 Å². The number of ether oxygens (including phenoxy) is 1. The van der Waals surface area contributed by atoms with Crippen molar-refractivity contribution in [2.75, 3.05) is 25.1 Å². The molecule has 1 rings (SSSR count). The van der Waals surface area contributed by atoms with Crippen LogP contribution >= 0.6 is 27.3 Å². The van der Waals surface area contributed by atoms with Gasteiger partial charge in [0.25, 0.3) is 0 Å². The van der Waals surface area contributed by atoms with Gasteiger partial charge in [-0.1, -0.05) is 22.0 Å². The number of halogens is 1. The zero-order valence-corrected chi connectivity index (χ0v) is 11.2. The van der Waals surface area contributed by atoms with Gasteiger partial charge in [0.05, 0.1) is 13.2 Å². The van der Waals surface area contributed by atoms with Gasteiger partial charge >= 0.3 is 0 Å². The predicted octanol–water partition coefficient (Wildman–Crippen LogP) is 1.44. The van der Waals surface area contributed by atoms with Crippen LogP contribution < -0.4 is 4.72 Å². The van der Waals surface area contributed by atoms with Crippen molar-refractivity contribution in [3.05, 3.63) is 17.5 Å². The van der Waals surface area contributed by atoms with Gasteiger partial charge in [0.15, 0.2) is 0 Å². The fraction of sp³-hybridized carbons (Fsp3) is 0.500. The smallest absolute Gasteiger partial charge is 0.250 e. The van der Waals surface area contributed by atoms with E-state index < -0.39 is 10.0 Å². The lowest BCUT2D eigenvalue weighted by molar-refractivity contribution is 0.156. The summed E-state index contributed by atoms with van der Waals surface area (Å²) >= 11 is 4.41. The van der Waals surface area contributed by atoms with Crippen molar-refractivity contribution in [1.29, 1.82) is 0 Å². The number of alkyl halides is 1. The summed E-state index contributed by atoms with van der Waals surface area (Å²) in [4.78, 5) is 0. The summed E-state index contributed by atoms with van der Waals surface area (Å²) in [5.41, 5.74) is 0. The van der Waals surface area contributed by atoms with Crippen LogP contribution in [0.3, 0.4) is 0 Å². The molecule has 0 amide bonds. The lowest BCUT2D eigenvalue weighted by atomic mass is 10.7. The van der Waals surface area contributed by atoms with Gasteiger partial charge < -0.3 is 4.74 Å². The molecule has 0 aliphatic carbocycles. The Morgan fingerprint density at radius 3 is 2.87 bits per heavy atom. The molecule has 1 N–H and O–H groups in total. The normalized spacial score (nSPS) is 11.8. The second kappa shape index (κ2) is 6.59. The molecule has 0 atom stereocenters. The molecule has 0 aliphatic rings. The molecule has 1 heterocycles. The zero-order valence-electron chi connectivity index (χ0n) is 7.98. The summed E-state index contributed by atoms with van der Waals surface area (Å²) < 4.78 is 31.0. The third-order valence-corrected chi connectivity index (χ3v) is 4.70. The van der Waals surface area contributed by atoms with E-state index >= 15 is 0 Å². The van der Waals surface area contributed by atoms with Crippen molar-refractivity contribution in [2.45, 2.75) is 4.21 Å². The van der Waals surface area contributed by atoms with E-state index in [1.807, 2.05) is 0 Å². The van der Waals surface area contributed by atoms with Gasteiger partial charge in [-0.15, -0.1) is 11.3 Å². The van der Waals surface area contributed by atoms with Crippen LogP contribution in [0.25, 0.3) is 0 Å². The molecule has 0 radical (unpaired) electrons. The van der Waals surface area contributed by atoms with E-state index in [-0.39, 0.29) is 0 Å². The van der Waals surface area contributed by atoms with E-state index in [1.54, 1.807) is 17.5 Å². The van der Waals surface area contributed by atoms with Crippen molar-refractivity contribution < 1.29 is 13.2 Å². The maximum atomic E-state index is 11.6. The highest BCUT2D eigenvalue weighted by Crippen LogP contribution is 2.14. The molecule has 0 aromatic carbocycles. The van der Waals surface area contributed by atoms with Crippen LogP contribution in [0.2, 0.25) is 0 Å². The molecular weight excluding hydrogens is 302 g/mol. The Labute approximate surface area is 102 Å². The maximum Gasteiger partial charge on any atom is 0.250 e. The standard InChI is InChI=1S/C8H12BrNO3S2/c9-3-5-13-6-4-10-15(11,12)8-2-1-7-14-8/h1-2,7,10H,3-6H2. The van der Waals surface area contributed by atoms with Crippen molar-refractivity contribution in [2.24, 2.45) is 0 Å². The van der Waals surface area contributed by atoms with Gasteiger partial charge in [0.2, 0.25) is 10.0 Å². The lowest BCUT2D eigenvalue weighted by Gasteiger charge is -2.04. The van der Waals surface area contributed by atoms with E-state index in [1.165, 1.54) is 11.3 Å². The Kier molecular flexibility index (Phi) is 5.77. The Hall–Kier alpha value is 0.0500. The maximum absolute atomic E-state index is 11.6. The Morgan fingerprint density at radius 1 is 1.47 bits per heavy atom. The average molecular weight is 314 g/mol. The minimum Gasteiger partial charge on any atom is -0.379 e. The topological polar surface area (TPSA) is 55.4 Å². The van der Waals surface area contributed by atoms with E-state index in [0.29, 0.717) is 24.0 Å². The van der Waals surface area contributed by atoms with Gasteiger partial charge in [0.1, 0.15) is 4.21 Å². The van der Waals surface area contributed by atoms with Crippen molar-refractivity contribution in [3.63, 3.8) is 0 Å². The molecule has 0 saturated heterocycles. The average Bonchev–Trinajstić information content (AvgIpc) is 2.70. The van der Waals surface area contributed by atoms with E-state index in [9.17, 15) is 8.42 Å². The molecule has 0 aliphatic heterocycles. The summed E-state index contributed by atoms with van der Waals surface area (Å²) in [5, 5.41) is 2.49. The van der Waals surface area contributed by atoms with Gasteiger partial charge in [-0.3, -0.25) is 0 Å². The third kappa shape index (κ3) is 4.60. The molecule has 0 saturated carbocycles. The highest BCUT2D eigenvalue weighted by atomic mass is 79.9. The molecule has 0 bridgehead atoms. The van der Waals surface area contributed by atoms with E-state index in [2.05, 4.69) is 20.7 Å². The Balaban J connectivity index is 2.32. The minimum absolute atomic E-state index is 0.299. The number of hydrogen-bond donors (Lipinski definition) is 1. The van der Waals surface area contributed by atoms with Crippen LogP contribution in [-0.4, -0.2) is 33.5 Å². The van der Waals surface area contributed by atoms with Crippen LogP contribution in [0, 0.1) is 0 Å². The van der Waals surface area contributed by atoms with Crippen LogP contribution in [0.4, 0.5) is 0 Å². The second-order valence-electron chi connectivity index (χ2n) is 2.63. The quantitative estimate of drug-likeness (QED) is 0.612. The van der Waals surface area contributed by atoms with Crippen LogP contribution in [-0.2, 0) is 14.8 Å². The molecule has 0 spiro atoms. The molecule has 86 valence electrons. The van der Waals surface area contributed by atoms with E-state index in [4.69, 9.17) is 4.74 Å². The third-order valence-electron chi connectivity index (χ3n) is 1.52. The highest BCUT2D eigenvalue weighted by Gasteiger charge is 2.13. The molecular formula is C8H12BrNO3S2. The van der Waals surface area contributed by atoms with Crippen molar-refractivity contribution >= 4 is 37.3 Å². The van der Waals surface area contributed by atoms with E-state index in [0.717, 1.165) is 5.33 Å². The highest BCUT2D eigenvalue weighted by molar-refractivity contribution is 9.09. The molecule has 0 fully saturated rings. The molecule has 15 heavy (non-hydrogen) atoms. The van der Waals surface area contributed by atoms with Gasteiger partial charge in [-0.2, -0.15) is 0 Å². The second-order valence-corrected chi connectivity index (χ2v) is 6.37. The number of nitrogens with one attached hydrogen (secondary N) is 1. The fourth-order valence-electron chi connectivity index (χ4n) is 0.892. The molecule has 4 nitrogen and oxygen atoms in total. The minimum atomic E-state index is -3.33. The molecule has 0 unspecified atom stereocenters. The first-order valence-electron chi connectivity index (χ1n) is 4.33. The first-order chi connectivity index (χ1) is 7.17. The Bertz CT molecular complexity index is 363. The van der Waals surface area contributed by atoms with Gasteiger partial charge in [0, 0.05) is 11.9 Å². The first-order valence-corrected chi connectivity index (χ1v) is 7.82. The summed E-state index contributed by atoms with van der Waals surface area (Å²) in [7, 11) is -3.33. The predicted molar refractivity (Wildman–Crippen MR) is 64.1 cm³/mol. The molecule has 7 heteroatoms. The largest absolute Gasteiger partial charge is 0.379 e. The van der Waals surface area contributed by atoms with Crippen molar-refractivity contribution in [3.8, 4) is 0 Å². The van der Waals surface area contributed by atoms with Gasteiger partial charge in [-0.05, 0) is 11.4 Å². The van der Waals surface area contributed by atoms with Crippen molar-refractivity contribution in [1.82, 2.24) is 4.72 Å². The lowest BCUT2D eigenvalue weighted by Crippen LogP contribution is -2.27. The van der Waals surface area contributed by atoms with Crippen LogP contribution in [0.1, 0.15) is 0 Å². The molecule has 1 aromatic heterocycles. The number of sulfonamides is 1. The monoisotopic (exact) mass is 313 g/mol.